The van der Waals surface area contributed by atoms with Crippen LogP contribution in [-0.4, -0.2) is 34.0 Å². The number of hydrogen-bond donors (Lipinski definition) is 0. The third-order valence-electron chi connectivity index (χ3n) is 3.74. The van der Waals surface area contributed by atoms with E-state index >= 15 is 0 Å². The van der Waals surface area contributed by atoms with Gasteiger partial charge in [0, 0.05) is 10.0 Å². The summed E-state index contributed by atoms with van der Waals surface area (Å²) >= 11 is 5.00. The maximum absolute atomic E-state index is 5.52. The van der Waals surface area contributed by atoms with Gasteiger partial charge in [-0.15, -0.1) is 10.2 Å². The summed E-state index contributed by atoms with van der Waals surface area (Å²) in [6.07, 6.45) is 0. The SMILES string of the molecule is COc1cccc(-c2nn3c(-c4ccccc4Br)nnc3s2)c1OC. The summed E-state index contributed by atoms with van der Waals surface area (Å²) in [5.41, 5.74) is 1.79. The molecule has 0 radical (unpaired) electrons. The summed E-state index contributed by atoms with van der Waals surface area (Å²) < 4.78 is 13.6. The van der Waals surface area contributed by atoms with E-state index in [1.807, 2.05) is 42.5 Å². The summed E-state index contributed by atoms with van der Waals surface area (Å²) in [5, 5.41) is 14.0. The fraction of sp³-hybridized carbons (Fsp3) is 0.118. The van der Waals surface area contributed by atoms with Crippen LogP contribution < -0.4 is 9.47 Å². The van der Waals surface area contributed by atoms with Gasteiger partial charge >= 0.3 is 0 Å². The normalized spacial score (nSPS) is 11.0. The molecule has 0 amide bonds. The van der Waals surface area contributed by atoms with E-state index in [0.29, 0.717) is 22.3 Å². The topological polar surface area (TPSA) is 61.5 Å². The molecule has 4 aromatic rings. The zero-order valence-electron chi connectivity index (χ0n) is 13.4. The van der Waals surface area contributed by atoms with Crippen molar-refractivity contribution in [2.24, 2.45) is 0 Å². The van der Waals surface area contributed by atoms with E-state index in [4.69, 9.17) is 14.6 Å². The zero-order chi connectivity index (χ0) is 17.4. The number of benzene rings is 2. The van der Waals surface area contributed by atoms with Crippen LogP contribution in [0.2, 0.25) is 0 Å². The van der Waals surface area contributed by atoms with Crippen LogP contribution in [0.3, 0.4) is 0 Å². The predicted octanol–water partition coefficient (Wildman–Crippen LogP) is 4.30. The lowest BCUT2D eigenvalue weighted by Gasteiger charge is -2.10. The lowest BCUT2D eigenvalue weighted by molar-refractivity contribution is 0.356. The second-order valence-electron chi connectivity index (χ2n) is 5.15. The number of rotatable bonds is 4. The fourth-order valence-electron chi connectivity index (χ4n) is 2.59. The molecule has 0 fully saturated rings. The third kappa shape index (κ3) is 2.67. The highest BCUT2D eigenvalue weighted by Gasteiger charge is 2.19. The number of aromatic nitrogens is 4. The molecule has 0 spiro atoms. The Kier molecular flexibility index (Phi) is 4.14. The molecule has 0 atom stereocenters. The molecule has 25 heavy (non-hydrogen) atoms. The number of hydrogen-bond acceptors (Lipinski definition) is 6. The lowest BCUT2D eigenvalue weighted by atomic mass is 10.2. The monoisotopic (exact) mass is 416 g/mol. The van der Waals surface area contributed by atoms with Crippen molar-refractivity contribution in [1.29, 1.82) is 0 Å². The number of para-hydroxylation sites is 1. The standard InChI is InChI=1S/C17H13BrN4O2S/c1-23-13-9-5-7-11(14(13)24-2)16-21-22-15(19-20-17(22)25-16)10-6-3-4-8-12(10)18/h3-9H,1-2H3. The molecule has 8 heteroatoms. The minimum absolute atomic E-state index is 0.650. The highest BCUT2D eigenvalue weighted by atomic mass is 79.9. The fourth-order valence-corrected chi connectivity index (χ4v) is 3.92. The number of fused-ring (bicyclic) bond motifs is 1. The van der Waals surface area contributed by atoms with Crippen LogP contribution in [0.25, 0.3) is 26.9 Å². The van der Waals surface area contributed by atoms with Gasteiger partial charge in [0.15, 0.2) is 22.3 Å². The molecular weight excluding hydrogens is 404 g/mol. The third-order valence-corrected chi connectivity index (χ3v) is 5.36. The first-order valence-corrected chi connectivity index (χ1v) is 9.02. The van der Waals surface area contributed by atoms with Gasteiger partial charge < -0.3 is 9.47 Å². The molecule has 2 aromatic carbocycles. The number of ether oxygens (including phenoxy) is 2. The molecule has 2 aromatic heterocycles. The Hall–Kier alpha value is -2.45. The lowest BCUT2D eigenvalue weighted by Crippen LogP contribution is -1.95. The summed E-state index contributed by atoms with van der Waals surface area (Å²) in [6.45, 7) is 0. The summed E-state index contributed by atoms with van der Waals surface area (Å²) in [6, 6.07) is 13.6. The van der Waals surface area contributed by atoms with Crippen molar-refractivity contribution in [2.75, 3.05) is 14.2 Å². The predicted molar refractivity (Wildman–Crippen MR) is 100 cm³/mol. The average molecular weight is 417 g/mol. The van der Waals surface area contributed by atoms with Crippen LogP contribution in [0.1, 0.15) is 0 Å². The van der Waals surface area contributed by atoms with E-state index in [-0.39, 0.29) is 0 Å². The second-order valence-corrected chi connectivity index (χ2v) is 6.96. The second kappa shape index (κ2) is 6.45. The molecular formula is C17H13BrN4O2S. The Morgan fingerprint density at radius 3 is 2.52 bits per heavy atom. The highest BCUT2D eigenvalue weighted by Crippen LogP contribution is 2.40. The quantitative estimate of drug-likeness (QED) is 0.496. The first-order chi connectivity index (χ1) is 12.2. The first-order valence-electron chi connectivity index (χ1n) is 7.41. The van der Waals surface area contributed by atoms with Crippen LogP contribution in [0.15, 0.2) is 46.9 Å². The molecule has 0 bridgehead atoms. The summed E-state index contributed by atoms with van der Waals surface area (Å²) in [4.78, 5) is 0.714. The molecule has 0 aliphatic carbocycles. The molecule has 2 heterocycles. The molecule has 0 saturated carbocycles. The van der Waals surface area contributed by atoms with E-state index < -0.39 is 0 Å². The van der Waals surface area contributed by atoms with Gasteiger partial charge in [0.1, 0.15) is 0 Å². The Morgan fingerprint density at radius 2 is 1.76 bits per heavy atom. The van der Waals surface area contributed by atoms with Crippen molar-refractivity contribution in [3.05, 3.63) is 46.9 Å². The van der Waals surface area contributed by atoms with Gasteiger partial charge in [-0.3, -0.25) is 0 Å². The van der Waals surface area contributed by atoms with Gasteiger partial charge in [-0.25, -0.2) is 0 Å². The first kappa shape index (κ1) is 16.0. The van der Waals surface area contributed by atoms with E-state index in [1.165, 1.54) is 11.3 Å². The summed E-state index contributed by atoms with van der Waals surface area (Å²) in [5.74, 6) is 2.00. The van der Waals surface area contributed by atoms with Gasteiger partial charge in [-0.2, -0.15) is 9.61 Å². The van der Waals surface area contributed by atoms with Crippen LogP contribution in [-0.2, 0) is 0 Å². The van der Waals surface area contributed by atoms with Crippen molar-refractivity contribution in [1.82, 2.24) is 19.8 Å². The highest BCUT2D eigenvalue weighted by molar-refractivity contribution is 9.10. The summed E-state index contributed by atoms with van der Waals surface area (Å²) in [7, 11) is 3.24. The van der Waals surface area contributed by atoms with E-state index in [0.717, 1.165) is 20.6 Å². The number of nitrogens with zero attached hydrogens (tertiary/aromatic N) is 4. The van der Waals surface area contributed by atoms with Crippen molar-refractivity contribution in [3.63, 3.8) is 0 Å². The van der Waals surface area contributed by atoms with E-state index in [2.05, 4.69) is 26.1 Å². The van der Waals surface area contributed by atoms with Crippen LogP contribution in [0.5, 0.6) is 11.5 Å². The Balaban J connectivity index is 1.89. The molecule has 0 N–H and O–H groups in total. The zero-order valence-corrected chi connectivity index (χ0v) is 15.8. The largest absolute Gasteiger partial charge is 0.493 e. The molecule has 0 saturated heterocycles. The molecule has 0 unspecified atom stereocenters. The van der Waals surface area contributed by atoms with Crippen molar-refractivity contribution in [2.45, 2.75) is 0 Å². The molecule has 4 rings (SSSR count). The van der Waals surface area contributed by atoms with Crippen LogP contribution in [0, 0.1) is 0 Å². The maximum atomic E-state index is 5.52. The Bertz CT molecular complexity index is 1060. The molecule has 126 valence electrons. The molecule has 0 aliphatic heterocycles. The van der Waals surface area contributed by atoms with Gasteiger partial charge in [0.05, 0.1) is 19.8 Å². The van der Waals surface area contributed by atoms with Crippen LogP contribution >= 0.6 is 27.3 Å². The van der Waals surface area contributed by atoms with Gasteiger partial charge in [-0.1, -0.05) is 45.5 Å². The van der Waals surface area contributed by atoms with Gasteiger partial charge in [0.2, 0.25) is 4.96 Å². The van der Waals surface area contributed by atoms with Crippen LogP contribution in [0.4, 0.5) is 0 Å². The van der Waals surface area contributed by atoms with Gasteiger partial charge in [-0.05, 0) is 24.3 Å². The number of methoxy groups -OCH3 is 2. The average Bonchev–Trinajstić information content (AvgIpc) is 3.22. The number of halogens is 1. The molecule has 0 aliphatic rings. The smallest absolute Gasteiger partial charge is 0.235 e. The Labute approximate surface area is 156 Å². The van der Waals surface area contributed by atoms with E-state index in [1.54, 1.807) is 18.7 Å². The molecule has 6 nitrogen and oxygen atoms in total. The Morgan fingerprint density at radius 1 is 0.960 bits per heavy atom. The van der Waals surface area contributed by atoms with Gasteiger partial charge in [0.25, 0.3) is 0 Å². The van der Waals surface area contributed by atoms with Crippen molar-refractivity contribution >= 4 is 32.2 Å². The minimum atomic E-state index is 0.650. The maximum Gasteiger partial charge on any atom is 0.235 e. The van der Waals surface area contributed by atoms with E-state index in [9.17, 15) is 0 Å². The van der Waals surface area contributed by atoms with Crippen molar-refractivity contribution < 1.29 is 9.47 Å². The minimum Gasteiger partial charge on any atom is -0.493 e. The van der Waals surface area contributed by atoms with Crippen molar-refractivity contribution in [3.8, 4) is 33.5 Å².